The Balaban J connectivity index is 1.65. The van der Waals surface area contributed by atoms with Gasteiger partial charge in [-0.1, -0.05) is 11.3 Å². The zero-order valence-corrected chi connectivity index (χ0v) is 16.8. The Kier molecular flexibility index (Phi) is 4.14. The molecule has 0 aromatic carbocycles. The maximum absolute atomic E-state index is 15.4. The van der Waals surface area contributed by atoms with Crippen molar-refractivity contribution in [2.45, 2.75) is 25.4 Å². The van der Waals surface area contributed by atoms with Crippen LogP contribution in [-0.2, 0) is 5.67 Å². The minimum Gasteiger partial charge on any atom is -0.493 e. The molecule has 29 heavy (non-hydrogen) atoms. The number of nitrogens with zero attached hydrogens (tertiary/aromatic N) is 5. The van der Waals surface area contributed by atoms with E-state index in [0.717, 1.165) is 5.69 Å². The summed E-state index contributed by atoms with van der Waals surface area (Å²) in [7, 11) is 1.56. The van der Waals surface area contributed by atoms with Crippen LogP contribution in [0.2, 0.25) is 0 Å². The number of aryl methyl sites for hydroxylation is 1. The summed E-state index contributed by atoms with van der Waals surface area (Å²) < 4.78 is 23.8. The van der Waals surface area contributed by atoms with Crippen molar-refractivity contribution in [3.05, 3.63) is 45.5 Å². The third kappa shape index (κ3) is 2.99. The van der Waals surface area contributed by atoms with Gasteiger partial charge in [-0.05, 0) is 32.9 Å². The molecule has 0 atom stereocenters. The lowest BCUT2D eigenvalue weighted by Crippen LogP contribution is -2.36. The third-order valence-corrected chi connectivity index (χ3v) is 6.36. The highest BCUT2D eigenvalue weighted by Gasteiger charge is 2.36. The van der Waals surface area contributed by atoms with Gasteiger partial charge >= 0.3 is 0 Å². The third-order valence-electron chi connectivity index (χ3n) is 5.20. The molecule has 5 heterocycles. The molecule has 150 valence electrons. The van der Waals surface area contributed by atoms with E-state index in [1.54, 1.807) is 30.1 Å². The maximum atomic E-state index is 15.4. The van der Waals surface area contributed by atoms with E-state index in [2.05, 4.69) is 20.4 Å². The van der Waals surface area contributed by atoms with Crippen LogP contribution in [0.15, 0.2) is 29.3 Å². The highest BCUT2D eigenvalue weighted by Crippen LogP contribution is 2.38. The molecular weight excluding hydrogens is 395 g/mol. The molecular formula is C19H19FN6O2S. The van der Waals surface area contributed by atoms with Gasteiger partial charge in [-0.15, -0.1) is 0 Å². The normalized spacial score (nSPS) is 16.5. The molecule has 0 saturated carbocycles. The fourth-order valence-electron chi connectivity index (χ4n) is 3.65. The number of hydrogen-bond donors (Lipinski definition) is 1. The number of ether oxygens (including phenoxy) is 1. The van der Waals surface area contributed by atoms with Crippen LogP contribution in [0.1, 0.15) is 23.4 Å². The SMILES string of the molecule is COc1cc(-c2cc(=O)n3cc(C4(F)CCNCC4)sc3n2)nn2cc(C)nc12. The van der Waals surface area contributed by atoms with Gasteiger partial charge in [-0.3, -0.25) is 9.20 Å². The molecule has 5 rings (SSSR count). The molecule has 0 spiro atoms. The predicted octanol–water partition coefficient (Wildman–Crippen LogP) is 2.33. The van der Waals surface area contributed by atoms with E-state index in [-0.39, 0.29) is 5.56 Å². The lowest BCUT2D eigenvalue weighted by Gasteiger charge is -2.28. The van der Waals surface area contributed by atoms with Crippen molar-refractivity contribution in [2.24, 2.45) is 0 Å². The summed E-state index contributed by atoms with van der Waals surface area (Å²) in [6.07, 6.45) is 4.13. The average molecular weight is 414 g/mol. The molecule has 4 aromatic heterocycles. The molecule has 0 aliphatic carbocycles. The van der Waals surface area contributed by atoms with E-state index in [9.17, 15) is 4.79 Å². The number of alkyl halides is 1. The van der Waals surface area contributed by atoms with E-state index in [1.807, 2.05) is 6.92 Å². The summed E-state index contributed by atoms with van der Waals surface area (Å²) in [6.45, 7) is 3.10. The largest absolute Gasteiger partial charge is 0.493 e. The van der Waals surface area contributed by atoms with Gasteiger partial charge in [-0.2, -0.15) is 5.10 Å². The molecule has 0 bridgehead atoms. The van der Waals surface area contributed by atoms with Crippen molar-refractivity contribution in [3.63, 3.8) is 0 Å². The second-order valence-corrected chi connectivity index (χ2v) is 8.20. The minimum absolute atomic E-state index is 0.271. The number of thiazole rings is 1. The summed E-state index contributed by atoms with van der Waals surface area (Å²) in [5.74, 6) is 0.536. The Morgan fingerprint density at radius 2 is 2.00 bits per heavy atom. The number of aromatic nitrogens is 5. The molecule has 8 nitrogen and oxygen atoms in total. The molecule has 1 aliphatic heterocycles. The summed E-state index contributed by atoms with van der Waals surface area (Å²) in [5.41, 5.74) is 0.592. The Bertz CT molecular complexity index is 1290. The number of fused-ring (bicyclic) bond motifs is 2. The molecule has 1 fully saturated rings. The van der Waals surface area contributed by atoms with Crippen molar-refractivity contribution >= 4 is 21.9 Å². The first kappa shape index (κ1) is 18.2. The zero-order valence-electron chi connectivity index (χ0n) is 16.0. The molecule has 4 aromatic rings. The number of piperidine rings is 1. The minimum atomic E-state index is -1.43. The number of nitrogens with one attached hydrogen (secondary N) is 1. The molecule has 0 unspecified atom stereocenters. The highest BCUT2D eigenvalue weighted by molar-refractivity contribution is 7.17. The predicted molar refractivity (Wildman–Crippen MR) is 107 cm³/mol. The first-order valence-electron chi connectivity index (χ1n) is 9.32. The first-order valence-corrected chi connectivity index (χ1v) is 10.1. The first-order chi connectivity index (χ1) is 14.0. The van der Waals surface area contributed by atoms with Crippen molar-refractivity contribution in [3.8, 4) is 17.1 Å². The fraction of sp³-hybridized carbons (Fsp3) is 0.368. The summed E-state index contributed by atoms with van der Waals surface area (Å²) in [6, 6.07) is 3.12. The van der Waals surface area contributed by atoms with Crippen LogP contribution in [0.25, 0.3) is 22.0 Å². The van der Waals surface area contributed by atoms with Gasteiger partial charge in [0.1, 0.15) is 11.4 Å². The van der Waals surface area contributed by atoms with Crippen LogP contribution < -0.4 is 15.6 Å². The summed E-state index contributed by atoms with van der Waals surface area (Å²) in [4.78, 5) is 22.7. The Labute approximate surface area is 169 Å². The Hall–Kier alpha value is -2.85. The number of hydrogen-bond acceptors (Lipinski definition) is 7. The van der Waals surface area contributed by atoms with E-state index < -0.39 is 5.67 Å². The van der Waals surface area contributed by atoms with Gasteiger partial charge in [0.25, 0.3) is 5.56 Å². The number of imidazole rings is 1. The molecule has 1 aliphatic rings. The van der Waals surface area contributed by atoms with Gasteiger partial charge in [0, 0.05) is 18.3 Å². The second-order valence-electron chi connectivity index (χ2n) is 7.19. The number of methoxy groups -OCH3 is 1. The average Bonchev–Trinajstić information content (AvgIpc) is 3.31. The number of rotatable bonds is 3. The monoisotopic (exact) mass is 414 g/mol. The quantitative estimate of drug-likeness (QED) is 0.554. The second kappa shape index (κ2) is 6.60. The highest BCUT2D eigenvalue weighted by atomic mass is 32.1. The standard InChI is InChI=1S/C19H19FN6O2S/c1-11-9-26-17(22-11)14(28-2)7-13(24-26)12-8-16(27)25-10-15(29-18(25)23-12)19(20)3-5-21-6-4-19/h7-10,21H,3-6H2,1-2H3. The van der Waals surface area contributed by atoms with Gasteiger partial charge in [0.2, 0.25) is 0 Å². The fourth-order valence-corrected chi connectivity index (χ4v) is 4.78. The Morgan fingerprint density at radius 3 is 2.76 bits per heavy atom. The smallest absolute Gasteiger partial charge is 0.259 e. The van der Waals surface area contributed by atoms with Gasteiger partial charge in [0.05, 0.1) is 29.6 Å². The topological polar surface area (TPSA) is 85.8 Å². The van der Waals surface area contributed by atoms with Crippen molar-refractivity contribution in [1.82, 2.24) is 29.3 Å². The van der Waals surface area contributed by atoms with Crippen LogP contribution in [0.3, 0.4) is 0 Å². The van der Waals surface area contributed by atoms with Crippen LogP contribution in [-0.4, -0.2) is 44.2 Å². The van der Waals surface area contributed by atoms with E-state index in [1.165, 1.54) is 21.8 Å². The van der Waals surface area contributed by atoms with Gasteiger partial charge in [-0.25, -0.2) is 18.9 Å². The lowest BCUT2D eigenvalue weighted by molar-refractivity contribution is 0.119. The molecule has 1 saturated heterocycles. The maximum Gasteiger partial charge on any atom is 0.259 e. The van der Waals surface area contributed by atoms with Crippen molar-refractivity contribution in [1.29, 1.82) is 0 Å². The summed E-state index contributed by atoms with van der Waals surface area (Å²) >= 11 is 1.21. The van der Waals surface area contributed by atoms with Crippen LogP contribution in [0, 0.1) is 6.92 Å². The van der Waals surface area contributed by atoms with Crippen LogP contribution in [0.4, 0.5) is 4.39 Å². The molecule has 1 N–H and O–H groups in total. The number of halogens is 1. The molecule has 10 heteroatoms. The van der Waals surface area contributed by atoms with E-state index >= 15 is 4.39 Å². The lowest BCUT2D eigenvalue weighted by atomic mass is 9.93. The van der Waals surface area contributed by atoms with Gasteiger partial charge in [0.15, 0.2) is 16.4 Å². The summed E-state index contributed by atoms with van der Waals surface area (Å²) in [5, 5.41) is 7.68. The van der Waals surface area contributed by atoms with Gasteiger partial charge < -0.3 is 10.1 Å². The molecule has 0 amide bonds. The van der Waals surface area contributed by atoms with Crippen molar-refractivity contribution in [2.75, 3.05) is 20.2 Å². The van der Waals surface area contributed by atoms with Crippen molar-refractivity contribution < 1.29 is 9.13 Å². The van der Waals surface area contributed by atoms with E-state index in [4.69, 9.17) is 4.74 Å². The molecule has 0 radical (unpaired) electrons. The van der Waals surface area contributed by atoms with Crippen LogP contribution in [0.5, 0.6) is 5.75 Å². The Morgan fingerprint density at radius 1 is 1.21 bits per heavy atom. The van der Waals surface area contributed by atoms with Crippen LogP contribution >= 0.6 is 11.3 Å². The van der Waals surface area contributed by atoms with E-state index in [0.29, 0.717) is 58.6 Å². The zero-order chi connectivity index (χ0) is 20.2.